The molecule has 8 rings (SSSR count). The van der Waals surface area contributed by atoms with Gasteiger partial charge in [0.25, 0.3) is 0 Å². The van der Waals surface area contributed by atoms with Crippen molar-refractivity contribution in [2.45, 2.75) is 94.3 Å². The average Bonchev–Trinajstić information content (AvgIpc) is 3.84. The summed E-state index contributed by atoms with van der Waals surface area (Å²) in [7, 11) is 0. The van der Waals surface area contributed by atoms with Crippen LogP contribution in [0.2, 0.25) is 0 Å². The molecule has 1 heterocycles. The molecule has 4 aromatic rings. The van der Waals surface area contributed by atoms with Gasteiger partial charge in [-0.2, -0.15) is 0 Å². The van der Waals surface area contributed by atoms with Crippen molar-refractivity contribution < 1.29 is 0 Å². The van der Waals surface area contributed by atoms with Gasteiger partial charge in [0, 0.05) is 0 Å². The van der Waals surface area contributed by atoms with Gasteiger partial charge in [-0.15, -0.1) is 0 Å². The van der Waals surface area contributed by atoms with E-state index in [1.54, 1.807) is 11.1 Å². The van der Waals surface area contributed by atoms with Crippen molar-refractivity contribution in [3.8, 4) is 0 Å². The second-order valence-electron chi connectivity index (χ2n) is 13.5. The van der Waals surface area contributed by atoms with Crippen molar-refractivity contribution in [2.24, 2.45) is 11.8 Å². The number of rotatable bonds is 4. The highest BCUT2D eigenvalue weighted by molar-refractivity contribution is 5.84. The fourth-order valence-corrected chi connectivity index (χ4v) is 9.48. The lowest BCUT2D eigenvalue weighted by Crippen LogP contribution is -2.33. The van der Waals surface area contributed by atoms with Gasteiger partial charge >= 0.3 is 0 Å². The van der Waals surface area contributed by atoms with E-state index in [-0.39, 0.29) is 0 Å². The highest BCUT2D eigenvalue weighted by Gasteiger charge is 2.44. The molecule has 1 nitrogen and oxygen atoms in total. The molecule has 0 radical (unpaired) electrons. The van der Waals surface area contributed by atoms with Gasteiger partial charge in [-0.3, -0.25) is 0 Å². The fraction of sp³-hybridized carbons (Fsp3) is 0.487. The average molecular weight is 530 g/mol. The number of hydrogen-bond acceptors (Lipinski definition) is 1. The minimum atomic E-state index is 0.452. The van der Waals surface area contributed by atoms with Crippen LogP contribution in [0.3, 0.4) is 0 Å². The van der Waals surface area contributed by atoms with Gasteiger partial charge in [-0.25, -0.2) is 0 Å². The summed E-state index contributed by atoms with van der Waals surface area (Å²) in [4.78, 5) is 0. The molecule has 0 spiro atoms. The first-order valence-electron chi connectivity index (χ1n) is 16.5. The Labute approximate surface area is 241 Å². The third kappa shape index (κ3) is 4.79. The summed E-state index contributed by atoms with van der Waals surface area (Å²) in [6.45, 7) is 2.42. The van der Waals surface area contributed by atoms with Gasteiger partial charge < -0.3 is 5.32 Å². The number of fused-ring (bicyclic) bond motifs is 2. The molecular weight excluding hydrogens is 482 g/mol. The molecule has 3 saturated carbocycles. The molecule has 1 heteroatoms. The lowest BCUT2D eigenvalue weighted by atomic mass is 9.68. The minimum Gasteiger partial charge on any atom is -0.316 e. The van der Waals surface area contributed by atoms with Crippen LogP contribution in [-0.2, 0) is 10.8 Å². The van der Waals surface area contributed by atoms with Gasteiger partial charge in [0.2, 0.25) is 0 Å². The minimum absolute atomic E-state index is 0.452. The summed E-state index contributed by atoms with van der Waals surface area (Å²) in [6, 6.07) is 32.1. The molecule has 4 fully saturated rings. The van der Waals surface area contributed by atoms with E-state index >= 15 is 0 Å². The molecule has 40 heavy (non-hydrogen) atoms. The Hall–Kier alpha value is -2.64. The van der Waals surface area contributed by atoms with E-state index in [2.05, 4.69) is 90.2 Å². The largest absolute Gasteiger partial charge is 0.316 e. The first kappa shape index (κ1) is 26.3. The zero-order valence-corrected chi connectivity index (χ0v) is 24.3. The van der Waals surface area contributed by atoms with Gasteiger partial charge in [-0.1, -0.05) is 123 Å². The van der Waals surface area contributed by atoms with Crippen molar-refractivity contribution in [3.05, 3.63) is 96.1 Å². The third-order valence-electron chi connectivity index (χ3n) is 11.6. The highest BCUT2D eigenvalue weighted by atomic mass is 14.9. The second-order valence-corrected chi connectivity index (χ2v) is 13.5. The Balaban J connectivity index is 0.000000132. The molecule has 4 aromatic carbocycles. The summed E-state index contributed by atoms with van der Waals surface area (Å²) in [5.41, 5.74) is 4.21. The van der Waals surface area contributed by atoms with Crippen molar-refractivity contribution in [2.75, 3.05) is 13.1 Å². The number of benzene rings is 4. The standard InChI is InChI=1S/C20H24.C19H23N/c1-2-8-17-15-19(12-11-16(17)7-1)20(13-5-6-14-20)18-9-3-4-10-18;1-2-6-16-13-17(8-7-15(16)5-1)19(10-3-4-11-19)18-9-12-20-14-18/h1-2,7-8,11-12,15,18H,3-6,9-10,13-14H2;1-2,5-8,13,18,20H,3-4,9-12,14H2. The molecule has 0 amide bonds. The Morgan fingerprint density at radius 3 is 1.43 bits per heavy atom. The zero-order valence-electron chi connectivity index (χ0n) is 24.3. The van der Waals surface area contributed by atoms with Crippen LogP contribution in [0.5, 0.6) is 0 Å². The van der Waals surface area contributed by atoms with Gasteiger partial charge in [0.05, 0.1) is 0 Å². The van der Waals surface area contributed by atoms with Gasteiger partial charge in [0.15, 0.2) is 0 Å². The maximum Gasteiger partial charge on any atom is -0.000597 e. The number of nitrogens with one attached hydrogen (secondary N) is 1. The first-order chi connectivity index (χ1) is 19.8. The summed E-state index contributed by atoms with van der Waals surface area (Å²) >= 11 is 0. The van der Waals surface area contributed by atoms with E-state index < -0.39 is 0 Å². The second kappa shape index (κ2) is 11.3. The maximum atomic E-state index is 3.58. The smallest absolute Gasteiger partial charge is 0.000597 e. The zero-order chi connectivity index (χ0) is 26.8. The topological polar surface area (TPSA) is 12.0 Å². The first-order valence-corrected chi connectivity index (χ1v) is 16.5. The maximum absolute atomic E-state index is 3.58. The normalized spacial score (nSPS) is 23.9. The lowest BCUT2D eigenvalue weighted by Gasteiger charge is -2.36. The monoisotopic (exact) mass is 529 g/mol. The van der Waals surface area contributed by atoms with Crippen molar-refractivity contribution in [1.82, 2.24) is 5.32 Å². The van der Waals surface area contributed by atoms with Crippen LogP contribution in [-0.4, -0.2) is 13.1 Å². The summed E-state index contributed by atoms with van der Waals surface area (Å²) in [6.07, 6.45) is 18.5. The van der Waals surface area contributed by atoms with Crippen LogP contribution < -0.4 is 5.32 Å². The van der Waals surface area contributed by atoms with Crippen molar-refractivity contribution in [1.29, 1.82) is 0 Å². The summed E-state index contributed by atoms with van der Waals surface area (Å²) in [5.74, 6) is 1.79. The SMILES string of the molecule is c1ccc2cc(C3(C4CCCC4)CCCC3)ccc2c1.c1ccc2cc(C3(C4CCNC4)CCCC3)ccc2c1. The summed E-state index contributed by atoms with van der Waals surface area (Å²) in [5, 5.41) is 9.17. The fourth-order valence-electron chi connectivity index (χ4n) is 9.48. The van der Waals surface area contributed by atoms with E-state index in [0.29, 0.717) is 10.8 Å². The van der Waals surface area contributed by atoms with Gasteiger partial charge in [0.1, 0.15) is 0 Å². The molecule has 1 N–H and O–H groups in total. The molecule has 208 valence electrons. The van der Waals surface area contributed by atoms with Gasteiger partial charge in [-0.05, 0) is 113 Å². The molecule has 1 saturated heterocycles. The predicted octanol–water partition coefficient (Wildman–Crippen LogP) is 10.1. The van der Waals surface area contributed by atoms with E-state index in [1.165, 1.54) is 118 Å². The van der Waals surface area contributed by atoms with Crippen LogP contribution in [0.15, 0.2) is 84.9 Å². The Morgan fingerprint density at radius 2 is 0.950 bits per heavy atom. The number of hydrogen-bond donors (Lipinski definition) is 1. The van der Waals surface area contributed by atoms with E-state index in [1.807, 2.05) is 0 Å². The van der Waals surface area contributed by atoms with E-state index in [0.717, 1.165) is 11.8 Å². The molecule has 1 aliphatic heterocycles. The molecule has 3 aliphatic carbocycles. The molecule has 1 atom stereocenters. The Bertz CT molecular complexity index is 1310. The quantitative estimate of drug-likeness (QED) is 0.277. The highest BCUT2D eigenvalue weighted by Crippen LogP contribution is 2.52. The molecule has 0 bridgehead atoms. The van der Waals surface area contributed by atoms with Crippen molar-refractivity contribution >= 4 is 21.5 Å². The molecule has 0 aromatic heterocycles. The van der Waals surface area contributed by atoms with Crippen LogP contribution >= 0.6 is 0 Å². The third-order valence-corrected chi connectivity index (χ3v) is 11.6. The Kier molecular flexibility index (Phi) is 7.44. The molecule has 1 unspecified atom stereocenters. The van der Waals surface area contributed by atoms with Crippen LogP contribution in [0.1, 0.15) is 94.6 Å². The van der Waals surface area contributed by atoms with E-state index in [9.17, 15) is 0 Å². The predicted molar refractivity (Wildman–Crippen MR) is 171 cm³/mol. The van der Waals surface area contributed by atoms with Crippen LogP contribution in [0, 0.1) is 11.8 Å². The Morgan fingerprint density at radius 1 is 0.475 bits per heavy atom. The van der Waals surface area contributed by atoms with E-state index in [4.69, 9.17) is 0 Å². The lowest BCUT2D eigenvalue weighted by molar-refractivity contribution is 0.276. The molecule has 4 aliphatic rings. The molecular formula is C39H47N. The van der Waals surface area contributed by atoms with Crippen molar-refractivity contribution in [3.63, 3.8) is 0 Å². The van der Waals surface area contributed by atoms with Crippen LogP contribution in [0.25, 0.3) is 21.5 Å². The summed E-state index contributed by atoms with van der Waals surface area (Å²) < 4.78 is 0. The van der Waals surface area contributed by atoms with Crippen LogP contribution in [0.4, 0.5) is 0 Å².